The maximum absolute atomic E-state index is 13.2. The van der Waals surface area contributed by atoms with Gasteiger partial charge in [0, 0.05) is 18.3 Å². The Morgan fingerprint density at radius 3 is 2.34 bits per heavy atom. The van der Waals surface area contributed by atoms with E-state index in [4.69, 9.17) is 4.42 Å². The predicted molar refractivity (Wildman–Crippen MR) is 116 cm³/mol. The molecule has 1 heterocycles. The van der Waals surface area contributed by atoms with Gasteiger partial charge in [0.2, 0.25) is 0 Å². The van der Waals surface area contributed by atoms with Gasteiger partial charge < -0.3 is 15.1 Å². The fraction of sp³-hybridized carbons (Fsp3) is 0.167. The molecule has 0 aliphatic rings. The van der Waals surface area contributed by atoms with Crippen LogP contribution < -0.4 is 10.6 Å². The number of anilines is 2. The Balaban J connectivity index is 1.64. The molecule has 0 aliphatic carbocycles. The van der Waals surface area contributed by atoms with Crippen molar-refractivity contribution in [3.63, 3.8) is 0 Å². The molecule has 0 fully saturated rings. The number of rotatable bonds is 5. The highest BCUT2D eigenvalue weighted by molar-refractivity contribution is 5.97. The number of oxazole rings is 1. The summed E-state index contributed by atoms with van der Waals surface area (Å²) in [6, 6.07) is 20.8. The van der Waals surface area contributed by atoms with Crippen molar-refractivity contribution in [1.29, 1.82) is 0 Å². The highest BCUT2D eigenvalue weighted by Crippen LogP contribution is 2.25. The molecular formula is C24H23N3O2. The van der Waals surface area contributed by atoms with Crippen LogP contribution in [-0.4, -0.2) is 10.9 Å². The Morgan fingerprint density at radius 1 is 0.897 bits per heavy atom. The zero-order chi connectivity index (χ0) is 20.4. The van der Waals surface area contributed by atoms with E-state index in [1.165, 1.54) is 0 Å². The predicted octanol–water partition coefficient (Wildman–Crippen LogP) is 5.54. The lowest BCUT2D eigenvalue weighted by atomic mass is 10.0. The summed E-state index contributed by atoms with van der Waals surface area (Å²) in [7, 11) is 0. The second-order valence-corrected chi connectivity index (χ2v) is 7.27. The van der Waals surface area contributed by atoms with Gasteiger partial charge in [0.15, 0.2) is 11.5 Å². The Bertz CT molecular complexity index is 1150. The molecule has 0 aliphatic heterocycles. The molecule has 4 rings (SSSR count). The number of benzene rings is 3. The van der Waals surface area contributed by atoms with E-state index in [1.807, 2.05) is 81.4 Å². The molecule has 1 aromatic heterocycles. The number of hydrogen-bond donors (Lipinski definition) is 2. The molecular weight excluding hydrogens is 362 g/mol. The van der Waals surface area contributed by atoms with E-state index in [-0.39, 0.29) is 5.91 Å². The van der Waals surface area contributed by atoms with E-state index in [0.29, 0.717) is 5.89 Å². The number of aryl methyl sites for hydroxylation is 3. The van der Waals surface area contributed by atoms with Crippen molar-refractivity contribution in [2.75, 3.05) is 10.6 Å². The molecule has 0 radical (unpaired) electrons. The van der Waals surface area contributed by atoms with Crippen LogP contribution in [0.4, 0.5) is 11.4 Å². The molecule has 3 aromatic carbocycles. The lowest BCUT2D eigenvalue weighted by molar-refractivity contribution is -0.117. The molecule has 5 heteroatoms. The van der Waals surface area contributed by atoms with Crippen LogP contribution in [0.2, 0.25) is 0 Å². The summed E-state index contributed by atoms with van der Waals surface area (Å²) in [5.41, 5.74) is 6.17. The third-order valence-corrected chi connectivity index (χ3v) is 4.69. The second kappa shape index (κ2) is 7.80. The highest BCUT2D eigenvalue weighted by Gasteiger charge is 2.21. The molecule has 29 heavy (non-hydrogen) atoms. The van der Waals surface area contributed by atoms with Crippen LogP contribution in [0, 0.1) is 20.8 Å². The van der Waals surface area contributed by atoms with E-state index in [0.717, 1.165) is 39.2 Å². The van der Waals surface area contributed by atoms with E-state index in [1.54, 1.807) is 0 Å². The van der Waals surface area contributed by atoms with Crippen molar-refractivity contribution in [3.8, 4) is 0 Å². The summed E-state index contributed by atoms with van der Waals surface area (Å²) in [4.78, 5) is 17.6. The lowest BCUT2D eigenvalue weighted by Crippen LogP contribution is -2.27. The smallest absolute Gasteiger partial charge is 0.251 e. The fourth-order valence-corrected chi connectivity index (χ4v) is 3.51. The summed E-state index contributed by atoms with van der Waals surface area (Å²) >= 11 is 0. The largest absolute Gasteiger partial charge is 0.441 e. The second-order valence-electron chi connectivity index (χ2n) is 7.27. The standard InChI is InChI=1S/C24H23N3O2/c1-15-11-16(2)13-20(12-15)27-24(28)23(18-7-5-4-6-8-18)26-19-9-10-22-21(14-19)25-17(3)29-22/h4-14,23,26H,1-3H3,(H,27,28). The number of nitrogens with one attached hydrogen (secondary N) is 2. The quantitative estimate of drug-likeness (QED) is 0.473. The highest BCUT2D eigenvalue weighted by atomic mass is 16.3. The first-order valence-electron chi connectivity index (χ1n) is 9.56. The minimum atomic E-state index is -0.553. The first-order valence-corrected chi connectivity index (χ1v) is 9.56. The van der Waals surface area contributed by atoms with Crippen molar-refractivity contribution in [3.05, 3.63) is 89.3 Å². The maximum Gasteiger partial charge on any atom is 0.251 e. The van der Waals surface area contributed by atoms with Gasteiger partial charge in [-0.2, -0.15) is 0 Å². The van der Waals surface area contributed by atoms with Crippen LogP contribution >= 0.6 is 0 Å². The number of hydrogen-bond acceptors (Lipinski definition) is 4. The number of carbonyl (C=O) groups is 1. The molecule has 0 saturated carbocycles. The van der Waals surface area contributed by atoms with Gasteiger partial charge in [0.05, 0.1) is 0 Å². The summed E-state index contributed by atoms with van der Waals surface area (Å²) in [6.45, 7) is 5.85. The first-order chi connectivity index (χ1) is 14.0. The van der Waals surface area contributed by atoms with Crippen LogP contribution in [0.3, 0.4) is 0 Å². The monoisotopic (exact) mass is 385 g/mol. The maximum atomic E-state index is 13.2. The molecule has 5 nitrogen and oxygen atoms in total. The van der Waals surface area contributed by atoms with Crippen molar-refractivity contribution in [2.45, 2.75) is 26.8 Å². The number of carbonyl (C=O) groups excluding carboxylic acids is 1. The topological polar surface area (TPSA) is 67.2 Å². The number of aromatic nitrogens is 1. The molecule has 0 saturated heterocycles. The molecule has 4 aromatic rings. The number of nitrogens with zero attached hydrogens (tertiary/aromatic N) is 1. The van der Waals surface area contributed by atoms with Crippen LogP contribution in [-0.2, 0) is 4.79 Å². The molecule has 1 atom stereocenters. The Hall–Kier alpha value is -3.60. The van der Waals surface area contributed by atoms with Crippen molar-refractivity contribution >= 4 is 28.4 Å². The van der Waals surface area contributed by atoms with Crippen LogP contribution in [0.25, 0.3) is 11.1 Å². The van der Waals surface area contributed by atoms with Gasteiger partial charge in [0.1, 0.15) is 11.6 Å². The summed E-state index contributed by atoms with van der Waals surface area (Å²) in [5.74, 6) is 0.488. The number of fused-ring (bicyclic) bond motifs is 1. The molecule has 0 spiro atoms. The van der Waals surface area contributed by atoms with Crippen LogP contribution in [0.1, 0.15) is 28.6 Å². The van der Waals surface area contributed by atoms with Gasteiger partial charge in [0.25, 0.3) is 5.91 Å². The van der Waals surface area contributed by atoms with Gasteiger partial charge in [-0.25, -0.2) is 4.98 Å². The van der Waals surface area contributed by atoms with Gasteiger partial charge >= 0.3 is 0 Å². The average molecular weight is 385 g/mol. The Kier molecular flexibility index (Phi) is 5.04. The average Bonchev–Trinajstić information content (AvgIpc) is 3.05. The van der Waals surface area contributed by atoms with E-state index in [9.17, 15) is 4.79 Å². The summed E-state index contributed by atoms with van der Waals surface area (Å²) < 4.78 is 5.54. The van der Waals surface area contributed by atoms with Crippen molar-refractivity contribution < 1.29 is 9.21 Å². The van der Waals surface area contributed by atoms with E-state index >= 15 is 0 Å². The number of amides is 1. The lowest BCUT2D eigenvalue weighted by Gasteiger charge is -2.20. The minimum absolute atomic E-state index is 0.127. The zero-order valence-electron chi connectivity index (χ0n) is 16.7. The third-order valence-electron chi connectivity index (χ3n) is 4.69. The normalized spacial score (nSPS) is 12.0. The van der Waals surface area contributed by atoms with E-state index < -0.39 is 6.04 Å². The molecule has 1 unspecified atom stereocenters. The van der Waals surface area contributed by atoms with E-state index in [2.05, 4.69) is 21.7 Å². The first kappa shape index (κ1) is 18.7. The molecule has 2 N–H and O–H groups in total. The summed E-state index contributed by atoms with van der Waals surface area (Å²) in [5, 5.41) is 6.40. The Labute approximate surface area is 169 Å². The van der Waals surface area contributed by atoms with Gasteiger partial charge in [-0.3, -0.25) is 4.79 Å². The third kappa shape index (κ3) is 4.29. The van der Waals surface area contributed by atoms with Gasteiger partial charge in [-0.1, -0.05) is 36.4 Å². The zero-order valence-corrected chi connectivity index (χ0v) is 16.7. The summed E-state index contributed by atoms with van der Waals surface area (Å²) in [6.07, 6.45) is 0. The Morgan fingerprint density at radius 2 is 1.62 bits per heavy atom. The van der Waals surface area contributed by atoms with Crippen molar-refractivity contribution in [1.82, 2.24) is 4.98 Å². The molecule has 146 valence electrons. The van der Waals surface area contributed by atoms with Gasteiger partial charge in [-0.05, 0) is 60.9 Å². The van der Waals surface area contributed by atoms with Gasteiger partial charge in [-0.15, -0.1) is 0 Å². The van der Waals surface area contributed by atoms with Crippen LogP contribution in [0.5, 0.6) is 0 Å². The fourth-order valence-electron chi connectivity index (χ4n) is 3.51. The van der Waals surface area contributed by atoms with Crippen molar-refractivity contribution in [2.24, 2.45) is 0 Å². The minimum Gasteiger partial charge on any atom is -0.441 e. The molecule has 1 amide bonds. The van der Waals surface area contributed by atoms with Crippen LogP contribution in [0.15, 0.2) is 71.1 Å². The molecule has 0 bridgehead atoms. The SMILES string of the molecule is Cc1cc(C)cc(NC(=O)C(Nc2ccc3oc(C)nc3c2)c2ccccc2)c1.